The summed E-state index contributed by atoms with van der Waals surface area (Å²) in [4.78, 5) is 37.4. The second-order valence-electron chi connectivity index (χ2n) is 3.76. The van der Waals surface area contributed by atoms with Crippen molar-refractivity contribution in [3.63, 3.8) is 0 Å². The average Bonchev–Trinajstić information content (AvgIpc) is 2.61. The van der Waals surface area contributed by atoms with Crippen LogP contribution >= 0.6 is 11.3 Å². The Balaban J connectivity index is 2.66. The topological polar surface area (TPSA) is 120 Å². The van der Waals surface area contributed by atoms with E-state index < -0.39 is 11.9 Å². The maximum absolute atomic E-state index is 10.8. The van der Waals surface area contributed by atoms with Gasteiger partial charge in [-0.05, 0) is 0 Å². The second kappa shape index (κ2) is 6.81. The number of hydrogen-bond donors (Lipinski definition) is 3. The molecule has 1 heterocycles. The fourth-order valence-electron chi connectivity index (χ4n) is 1.37. The SMILES string of the molecule is CC(=O)Nc1nc(CN(CC(=O)O)CC(=O)O)cs1. The minimum Gasteiger partial charge on any atom is -0.480 e. The maximum Gasteiger partial charge on any atom is 0.317 e. The molecule has 19 heavy (non-hydrogen) atoms. The van der Waals surface area contributed by atoms with Gasteiger partial charge in [0.05, 0.1) is 18.8 Å². The van der Waals surface area contributed by atoms with Crippen molar-refractivity contribution in [1.29, 1.82) is 0 Å². The summed E-state index contributed by atoms with van der Waals surface area (Å²) in [7, 11) is 0. The van der Waals surface area contributed by atoms with Crippen molar-refractivity contribution in [1.82, 2.24) is 9.88 Å². The second-order valence-corrected chi connectivity index (χ2v) is 4.62. The van der Waals surface area contributed by atoms with Crippen LogP contribution in [0, 0.1) is 0 Å². The van der Waals surface area contributed by atoms with Crippen LogP contribution in [0.5, 0.6) is 0 Å². The molecule has 104 valence electrons. The monoisotopic (exact) mass is 287 g/mol. The molecular weight excluding hydrogens is 274 g/mol. The van der Waals surface area contributed by atoms with E-state index in [1.165, 1.54) is 23.2 Å². The summed E-state index contributed by atoms with van der Waals surface area (Å²) in [5.41, 5.74) is 0.510. The molecule has 1 amide bonds. The zero-order chi connectivity index (χ0) is 14.4. The van der Waals surface area contributed by atoms with Crippen molar-refractivity contribution in [2.75, 3.05) is 18.4 Å². The van der Waals surface area contributed by atoms with E-state index in [1.54, 1.807) is 5.38 Å². The van der Waals surface area contributed by atoms with Crippen LogP contribution in [0.3, 0.4) is 0 Å². The molecule has 0 fully saturated rings. The number of rotatable bonds is 7. The number of carbonyl (C=O) groups excluding carboxylic acids is 1. The van der Waals surface area contributed by atoms with Gasteiger partial charge in [-0.3, -0.25) is 19.3 Å². The molecular formula is C10H13N3O5S. The molecule has 0 aliphatic carbocycles. The standard InChI is InChI=1S/C10H13N3O5S/c1-6(14)11-10-12-7(5-19-10)2-13(3-8(15)16)4-9(17)18/h5H,2-4H2,1H3,(H,15,16)(H,17,18)(H,11,12,14). The van der Waals surface area contributed by atoms with E-state index in [0.717, 1.165) is 0 Å². The van der Waals surface area contributed by atoms with E-state index in [-0.39, 0.29) is 25.5 Å². The van der Waals surface area contributed by atoms with Gasteiger partial charge in [0.2, 0.25) is 5.91 Å². The third kappa shape index (κ3) is 5.93. The van der Waals surface area contributed by atoms with Gasteiger partial charge in [0.1, 0.15) is 0 Å². The van der Waals surface area contributed by atoms with E-state index in [2.05, 4.69) is 10.3 Å². The molecule has 1 aromatic heterocycles. The summed E-state index contributed by atoms with van der Waals surface area (Å²) in [5, 5.41) is 21.9. The quantitative estimate of drug-likeness (QED) is 0.649. The van der Waals surface area contributed by atoms with Gasteiger partial charge >= 0.3 is 11.9 Å². The number of anilines is 1. The molecule has 0 unspecified atom stereocenters. The number of amides is 1. The Hall–Kier alpha value is -2.00. The number of carbonyl (C=O) groups is 3. The van der Waals surface area contributed by atoms with Gasteiger partial charge in [-0.25, -0.2) is 4.98 Å². The minimum absolute atomic E-state index is 0.0919. The lowest BCUT2D eigenvalue weighted by Gasteiger charge is -2.16. The molecule has 0 bridgehead atoms. The first-order valence-electron chi connectivity index (χ1n) is 5.24. The Kier molecular flexibility index (Phi) is 5.39. The fraction of sp³-hybridized carbons (Fsp3) is 0.400. The molecule has 0 aliphatic rings. The van der Waals surface area contributed by atoms with Gasteiger partial charge in [0, 0.05) is 18.8 Å². The van der Waals surface area contributed by atoms with Crippen molar-refractivity contribution in [3.8, 4) is 0 Å². The molecule has 0 aliphatic heterocycles. The molecule has 1 aromatic rings. The van der Waals surface area contributed by atoms with Gasteiger partial charge in [-0.2, -0.15) is 0 Å². The number of thiazole rings is 1. The molecule has 0 saturated heterocycles. The van der Waals surface area contributed by atoms with Crippen LogP contribution in [0.25, 0.3) is 0 Å². The molecule has 0 saturated carbocycles. The van der Waals surface area contributed by atoms with E-state index in [1.807, 2.05) is 0 Å². The van der Waals surface area contributed by atoms with Crippen LogP contribution in [0.4, 0.5) is 5.13 Å². The molecule has 0 atom stereocenters. The fourth-order valence-corrected chi connectivity index (χ4v) is 2.11. The number of hydrogen-bond acceptors (Lipinski definition) is 6. The smallest absolute Gasteiger partial charge is 0.317 e. The third-order valence-corrected chi connectivity index (χ3v) is 2.74. The number of nitrogens with one attached hydrogen (secondary N) is 1. The van der Waals surface area contributed by atoms with Gasteiger partial charge < -0.3 is 15.5 Å². The van der Waals surface area contributed by atoms with E-state index in [9.17, 15) is 14.4 Å². The van der Waals surface area contributed by atoms with Crippen LogP contribution < -0.4 is 5.32 Å². The van der Waals surface area contributed by atoms with Crippen LogP contribution in [0.1, 0.15) is 12.6 Å². The largest absolute Gasteiger partial charge is 0.480 e. The number of carboxylic acid groups (broad SMARTS) is 2. The van der Waals surface area contributed by atoms with E-state index in [0.29, 0.717) is 10.8 Å². The van der Waals surface area contributed by atoms with Gasteiger partial charge in [-0.15, -0.1) is 11.3 Å². The van der Waals surface area contributed by atoms with Crippen LogP contribution in [0.15, 0.2) is 5.38 Å². The van der Waals surface area contributed by atoms with Gasteiger partial charge in [-0.1, -0.05) is 0 Å². The first kappa shape index (κ1) is 15.1. The Bertz CT molecular complexity index is 471. The Morgan fingerprint density at radius 2 is 1.89 bits per heavy atom. The first-order chi connectivity index (χ1) is 8.86. The summed E-state index contributed by atoms with van der Waals surface area (Å²) in [6.07, 6.45) is 0. The lowest BCUT2D eigenvalue weighted by molar-refractivity contribution is -0.142. The Labute approximate surface area is 112 Å². The van der Waals surface area contributed by atoms with Crippen LogP contribution in [-0.4, -0.2) is 51.0 Å². The molecule has 3 N–H and O–H groups in total. The third-order valence-electron chi connectivity index (χ3n) is 1.94. The van der Waals surface area contributed by atoms with Crippen molar-refractivity contribution < 1.29 is 24.6 Å². The number of nitrogens with zero attached hydrogens (tertiary/aromatic N) is 2. The normalized spacial score (nSPS) is 10.4. The Morgan fingerprint density at radius 3 is 2.37 bits per heavy atom. The van der Waals surface area contributed by atoms with Crippen molar-refractivity contribution in [2.45, 2.75) is 13.5 Å². The minimum atomic E-state index is -1.11. The number of carboxylic acids is 2. The lowest BCUT2D eigenvalue weighted by atomic mass is 10.4. The zero-order valence-corrected chi connectivity index (χ0v) is 10.9. The molecule has 0 spiro atoms. The summed E-state index contributed by atoms with van der Waals surface area (Å²) in [6.45, 7) is 0.662. The van der Waals surface area contributed by atoms with Crippen molar-refractivity contribution >= 4 is 34.3 Å². The molecule has 9 heteroatoms. The molecule has 1 rings (SSSR count). The van der Waals surface area contributed by atoms with Gasteiger partial charge in [0.15, 0.2) is 5.13 Å². The van der Waals surface area contributed by atoms with E-state index in [4.69, 9.17) is 10.2 Å². The highest BCUT2D eigenvalue weighted by atomic mass is 32.1. The van der Waals surface area contributed by atoms with Gasteiger partial charge in [0.25, 0.3) is 0 Å². The first-order valence-corrected chi connectivity index (χ1v) is 6.12. The van der Waals surface area contributed by atoms with Crippen molar-refractivity contribution in [2.24, 2.45) is 0 Å². The zero-order valence-electron chi connectivity index (χ0n) is 10.1. The van der Waals surface area contributed by atoms with E-state index >= 15 is 0 Å². The number of aromatic nitrogens is 1. The highest BCUT2D eigenvalue weighted by Crippen LogP contribution is 2.16. The highest BCUT2D eigenvalue weighted by Gasteiger charge is 2.15. The molecule has 0 aromatic carbocycles. The highest BCUT2D eigenvalue weighted by molar-refractivity contribution is 7.13. The predicted molar refractivity (Wildman–Crippen MR) is 67.0 cm³/mol. The maximum atomic E-state index is 10.8. The molecule has 0 radical (unpaired) electrons. The summed E-state index contributed by atoms with van der Waals surface area (Å²) < 4.78 is 0. The summed E-state index contributed by atoms with van der Waals surface area (Å²) >= 11 is 1.19. The average molecular weight is 287 g/mol. The van der Waals surface area contributed by atoms with Crippen LogP contribution in [-0.2, 0) is 20.9 Å². The van der Waals surface area contributed by atoms with Crippen LogP contribution in [0.2, 0.25) is 0 Å². The molecule has 8 nitrogen and oxygen atoms in total. The predicted octanol–water partition coefficient (Wildman–Crippen LogP) is 0.0727. The lowest BCUT2D eigenvalue weighted by Crippen LogP contribution is -2.34. The van der Waals surface area contributed by atoms with Crippen molar-refractivity contribution in [3.05, 3.63) is 11.1 Å². The Morgan fingerprint density at radius 1 is 1.32 bits per heavy atom. The summed E-state index contributed by atoms with van der Waals surface area (Å²) in [6, 6.07) is 0. The number of aliphatic carboxylic acids is 2. The summed E-state index contributed by atoms with van der Waals surface area (Å²) in [5.74, 6) is -2.48.